The second kappa shape index (κ2) is 6.52. The van der Waals surface area contributed by atoms with Gasteiger partial charge in [0.2, 0.25) is 5.91 Å². The van der Waals surface area contributed by atoms with Gasteiger partial charge in [-0.2, -0.15) is 0 Å². The van der Waals surface area contributed by atoms with Gasteiger partial charge in [-0.1, -0.05) is 30.3 Å². The van der Waals surface area contributed by atoms with Crippen molar-refractivity contribution in [2.75, 3.05) is 13.2 Å². The molecule has 0 bridgehead atoms. The van der Waals surface area contributed by atoms with Gasteiger partial charge in [-0.3, -0.25) is 4.79 Å². The molecule has 0 saturated carbocycles. The molecule has 98 valence electrons. The molecule has 0 radical (unpaired) electrons. The molecule has 18 heavy (non-hydrogen) atoms. The topological polar surface area (TPSA) is 64.4 Å². The van der Waals surface area contributed by atoms with E-state index >= 15 is 0 Å². The zero-order valence-corrected chi connectivity index (χ0v) is 10.5. The van der Waals surface area contributed by atoms with Gasteiger partial charge in [-0.25, -0.2) is 0 Å². The van der Waals surface area contributed by atoms with E-state index in [4.69, 9.17) is 10.5 Å². The summed E-state index contributed by atoms with van der Waals surface area (Å²) in [6.07, 6.45) is 2.62. The molecule has 1 aliphatic rings. The molecule has 1 heterocycles. The largest absolute Gasteiger partial charge is 0.376 e. The van der Waals surface area contributed by atoms with Crippen LogP contribution in [0.5, 0.6) is 0 Å². The van der Waals surface area contributed by atoms with Gasteiger partial charge < -0.3 is 15.8 Å². The quantitative estimate of drug-likeness (QED) is 0.827. The summed E-state index contributed by atoms with van der Waals surface area (Å²) in [6, 6.07) is 9.44. The molecule has 0 spiro atoms. The van der Waals surface area contributed by atoms with E-state index in [9.17, 15) is 4.79 Å². The van der Waals surface area contributed by atoms with Crippen LogP contribution in [0.4, 0.5) is 0 Å². The van der Waals surface area contributed by atoms with Crippen molar-refractivity contribution in [2.24, 2.45) is 5.73 Å². The average Bonchev–Trinajstić information content (AvgIpc) is 2.90. The van der Waals surface area contributed by atoms with Crippen molar-refractivity contribution in [3.8, 4) is 0 Å². The minimum absolute atomic E-state index is 0.0122. The predicted molar refractivity (Wildman–Crippen MR) is 70.0 cm³/mol. The molecule has 4 nitrogen and oxygen atoms in total. The van der Waals surface area contributed by atoms with E-state index in [0.29, 0.717) is 13.0 Å². The highest BCUT2D eigenvalue weighted by Gasteiger charge is 2.17. The molecule has 0 aliphatic carbocycles. The first-order valence-corrected chi connectivity index (χ1v) is 6.44. The summed E-state index contributed by atoms with van der Waals surface area (Å²) in [7, 11) is 0. The van der Waals surface area contributed by atoms with Gasteiger partial charge in [0, 0.05) is 25.6 Å². The molecule has 0 unspecified atom stereocenters. The monoisotopic (exact) mass is 248 g/mol. The van der Waals surface area contributed by atoms with Crippen LogP contribution in [0, 0.1) is 0 Å². The van der Waals surface area contributed by atoms with Crippen molar-refractivity contribution in [2.45, 2.75) is 31.4 Å². The molecule has 1 amide bonds. The van der Waals surface area contributed by atoms with E-state index < -0.39 is 0 Å². The Hall–Kier alpha value is -1.39. The summed E-state index contributed by atoms with van der Waals surface area (Å²) in [6.45, 7) is 1.41. The third-order valence-corrected chi connectivity index (χ3v) is 3.18. The van der Waals surface area contributed by atoms with Gasteiger partial charge >= 0.3 is 0 Å². The number of carbonyl (C=O) groups excluding carboxylic acids is 1. The fourth-order valence-electron chi connectivity index (χ4n) is 2.12. The van der Waals surface area contributed by atoms with E-state index in [0.717, 1.165) is 25.0 Å². The fourth-order valence-corrected chi connectivity index (χ4v) is 2.12. The van der Waals surface area contributed by atoms with E-state index in [1.807, 2.05) is 30.3 Å². The molecule has 4 heteroatoms. The van der Waals surface area contributed by atoms with Crippen LogP contribution >= 0.6 is 0 Å². The lowest BCUT2D eigenvalue weighted by molar-refractivity contribution is -0.121. The minimum atomic E-state index is -0.240. The predicted octanol–water partition coefficient (Wildman–Crippen LogP) is 1.37. The van der Waals surface area contributed by atoms with Crippen LogP contribution in [0.2, 0.25) is 0 Å². The molecule has 2 rings (SSSR count). The maximum atomic E-state index is 11.7. The second-order valence-electron chi connectivity index (χ2n) is 4.66. The molecule has 0 aromatic heterocycles. The lowest BCUT2D eigenvalue weighted by Crippen LogP contribution is -2.33. The van der Waals surface area contributed by atoms with Crippen LogP contribution < -0.4 is 11.1 Å². The molecule has 1 aliphatic heterocycles. The lowest BCUT2D eigenvalue weighted by Gasteiger charge is -2.14. The van der Waals surface area contributed by atoms with E-state index in [1.165, 1.54) is 0 Å². The van der Waals surface area contributed by atoms with E-state index in [1.54, 1.807) is 0 Å². The van der Waals surface area contributed by atoms with Gasteiger partial charge in [0.05, 0.1) is 6.10 Å². The maximum Gasteiger partial charge on any atom is 0.221 e. The molecule has 1 aromatic rings. The highest BCUT2D eigenvalue weighted by molar-refractivity contribution is 5.76. The van der Waals surface area contributed by atoms with Gasteiger partial charge in [0.25, 0.3) is 0 Å². The van der Waals surface area contributed by atoms with Crippen LogP contribution in [0.3, 0.4) is 0 Å². The van der Waals surface area contributed by atoms with E-state index in [2.05, 4.69) is 5.32 Å². The van der Waals surface area contributed by atoms with Crippen molar-refractivity contribution in [3.05, 3.63) is 35.9 Å². The van der Waals surface area contributed by atoms with Crippen LogP contribution in [0.1, 0.15) is 30.9 Å². The minimum Gasteiger partial charge on any atom is -0.376 e. The Morgan fingerprint density at radius 3 is 2.89 bits per heavy atom. The molecule has 1 aromatic carbocycles. The van der Waals surface area contributed by atoms with Gasteiger partial charge in [0.1, 0.15) is 0 Å². The van der Waals surface area contributed by atoms with Gasteiger partial charge in [0.15, 0.2) is 0 Å². The zero-order valence-electron chi connectivity index (χ0n) is 10.5. The first-order valence-electron chi connectivity index (χ1n) is 6.44. The Morgan fingerprint density at radius 1 is 1.44 bits per heavy atom. The summed E-state index contributed by atoms with van der Waals surface area (Å²) in [4.78, 5) is 11.7. The molecule has 2 atom stereocenters. The van der Waals surface area contributed by atoms with Crippen LogP contribution in [0.15, 0.2) is 30.3 Å². The third kappa shape index (κ3) is 3.82. The SMILES string of the molecule is N[C@@H](CC(=O)NC[C@H]1CCCO1)c1ccccc1. The number of ether oxygens (including phenoxy) is 1. The van der Waals surface area contributed by atoms with Crippen molar-refractivity contribution in [1.29, 1.82) is 0 Å². The van der Waals surface area contributed by atoms with Crippen LogP contribution in [-0.2, 0) is 9.53 Å². The number of carbonyl (C=O) groups is 1. The number of hydrogen-bond donors (Lipinski definition) is 2. The highest BCUT2D eigenvalue weighted by Crippen LogP contribution is 2.14. The lowest BCUT2D eigenvalue weighted by atomic mass is 10.0. The first kappa shape index (κ1) is 13.1. The number of hydrogen-bond acceptors (Lipinski definition) is 3. The zero-order chi connectivity index (χ0) is 12.8. The number of rotatable bonds is 5. The van der Waals surface area contributed by atoms with Gasteiger partial charge in [-0.05, 0) is 18.4 Å². The molecule has 1 saturated heterocycles. The normalized spacial score (nSPS) is 20.6. The standard InChI is InChI=1S/C14H20N2O2/c15-13(11-5-2-1-3-6-11)9-14(17)16-10-12-7-4-8-18-12/h1-3,5-6,12-13H,4,7-10,15H2,(H,16,17)/t12-,13+/m1/s1. The Bertz CT molecular complexity index is 375. The second-order valence-corrected chi connectivity index (χ2v) is 4.66. The van der Waals surface area contributed by atoms with Crippen molar-refractivity contribution in [1.82, 2.24) is 5.32 Å². The Balaban J connectivity index is 1.73. The number of nitrogens with two attached hydrogens (primary N) is 1. The first-order chi connectivity index (χ1) is 8.75. The van der Waals surface area contributed by atoms with Crippen LogP contribution in [0.25, 0.3) is 0 Å². The third-order valence-electron chi connectivity index (χ3n) is 3.18. The highest BCUT2D eigenvalue weighted by atomic mass is 16.5. The number of amides is 1. The Labute approximate surface area is 108 Å². The number of benzene rings is 1. The summed E-state index contributed by atoms with van der Waals surface area (Å²) in [5, 5.41) is 2.88. The molecular formula is C14H20N2O2. The summed E-state index contributed by atoms with van der Waals surface area (Å²) in [5.41, 5.74) is 6.98. The Morgan fingerprint density at radius 2 is 2.22 bits per heavy atom. The Kier molecular flexibility index (Phi) is 4.73. The smallest absolute Gasteiger partial charge is 0.221 e. The maximum absolute atomic E-state index is 11.7. The summed E-state index contributed by atoms with van der Waals surface area (Å²) >= 11 is 0. The average molecular weight is 248 g/mol. The van der Waals surface area contributed by atoms with Crippen molar-refractivity contribution >= 4 is 5.91 Å². The van der Waals surface area contributed by atoms with Gasteiger partial charge in [-0.15, -0.1) is 0 Å². The summed E-state index contributed by atoms with van der Waals surface area (Å²) in [5.74, 6) is -0.0122. The summed E-state index contributed by atoms with van der Waals surface area (Å²) < 4.78 is 5.45. The van der Waals surface area contributed by atoms with Crippen molar-refractivity contribution < 1.29 is 9.53 Å². The molecular weight excluding hydrogens is 228 g/mol. The molecule has 1 fully saturated rings. The fraction of sp³-hybridized carbons (Fsp3) is 0.500. The number of nitrogens with one attached hydrogen (secondary N) is 1. The van der Waals surface area contributed by atoms with E-state index in [-0.39, 0.29) is 18.1 Å². The van der Waals surface area contributed by atoms with Crippen molar-refractivity contribution in [3.63, 3.8) is 0 Å². The van der Waals surface area contributed by atoms with Crippen LogP contribution in [-0.4, -0.2) is 25.2 Å². The molecule has 3 N–H and O–H groups in total.